The van der Waals surface area contributed by atoms with Crippen LogP contribution in [-0.4, -0.2) is 22.4 Å². The standard InChI is InChI=1S/C16H22N4O/c1-3-8-20-16(15(17)11(2)19-20)18-10-13-9-12-6-4-5-7-14(12)21-13/h4-7,13,18H,3,8-10,17H2,1-2H3. The summed E-state index contributed by atoms with van der Waals surface area (Å²) in [5.74, 6) is 1.91. The molecule has 0 spiro atoms. The number of aromatic nitrogens is 2. The average Bonchev–Trinajstić information content (AvgIpc) is 3.00. The molecule has 0 bridgehead atoms. The zero-order chi connectivity index (χ0) is 14.8. The Morgan fingerprint density at radius 2 is 2.24 bits per heavy atom. The molecule has 21 heavy (non-hydrogen) atoms. The van der Waals surface area contributed by atoms with E-state index >= 15 is 0 Å². The minimum absolute atomic E-state index is 0.145. The van der Waals surface area contributed by atoms with Gasteiger partial charge in [-0.05, 0) is 25.0 Å². The summed E-state index contributed by atoms with van der Waals surface area (Å²) in [5, 5.41) is 7.89. The first-order valence-electron chi connectivity index (χ1n) is 7.50. The van der Waals surface area contributed by atoms with E-state index in [9.17, 15) is 0 Å². The van der Waals surface area contributed by atoms with Crippen LogP contribution in [0.25, 0.3) is 0 Å². The highest BCUT2D eigenvalue weighted by molar-refractivity contribution is 5.64. The average molecular weight is 286 g/mol. The van der Waals surface area contributed by atoms with Crippen molar-refractivity contribution in [3.8, 4) is 5.75 Å². The molecule has 1 aromatic heterocycles. The Morgan fingerprint density at radius 3 is 3.00 bits per heavy atom. The lowest BCUT2D eigenvalue weighted by molar-refractivity contribution is 0.246. The zero-order valence-electron chi connectivity index (χ0n) is 12.6. The molecule has 0 saturated heterocycles. The number of ether oxygens (including phenoxy) is 1. The predicted octanol–water partition coefficient (Wildman–Crippen LogP) is 2.60. The summed E-state index contributed by atoms with van der Waals surface area (Å²) in [5.41, 5.74) is 9.00. The molecule has 1 aromatic carbocycles. The van der Waals surface area contributed by atoms with Gasteiger partial charge in [-0.25, -0.2) is 4.68 Å². The Hall–Kier alpha value is -2.17. The lowest BCUT2D eigenvalue weighted by Crippen LogP contribution is -2.25. The van der Waals surface area contributed by atoms with Crippen LogP contribution >= 0.6 is 0 Å². The van der Waals surface area contributed by atoms with Gasteiger partial charge in [-0.3, -0.25) is 0 Å². The Balaban J connectivity index is 1.67. The van der Waals surface area contributed by atoms with Gasteiger partial charge in [0.2, 0.25) is 0 Å². The molecule has 0 radical (unpaired) electrons. The van der Waals surface area contributed by atoms with Crippen molar-refractivity contribution in [3.63, 3.8) is 0 Å². The Kier molecular flexibility index (Phi) is 3.73. The van der Waals surface area contributed by atoms with Crippen molar-refractivity contribution < 1.29 is 4.74 Å². The number of hydrogen-bond acceptors (Lipinski definition) is 4. The summed E-state index contributed by atoms with van der Waals surface area (Å²) >= 11 is 0. The van der Waals surface area contributed by atoms with Crippen LogP contribution in [0.5, 0.6) is 5.75 Å². The number of nitrogen functional groups attached to an aromatic ring is 1. The minimum atomic E-state index is 0.145. The molecule has 0 saturated carbocycles. The number of rotatable bonds is 5. The maximum absolute atomic E-state index is 6.12. The third-order valence-corrected chi connectivity index (χ3v) is 3.82. The van der Waals surface area contributed by atoms with E-state index in [1.54, 1.807) is 0 Å². The van der Waals surface area contributed by atoms with Crippen molar-refractivity contribution in [2.24, 2.45) is 0 Å². The molecule has 2 aromatic rings. The van der Waals surface area contributed by atoms with Crippen molar-refractivity contribution in [2.45, 2.75) is 39.3 Å². The first-order chi connectivity index (χ1) is 10.2. The fourth-order valence-electron chi connectivity index (χ4n) is 2.73. The second-order valence-corrected chi connectivity index (χ2v) is 5.50. The number of nitrogens with one attached hydrogen (secondary N) is 1. The Labute approximate surface area is 125 Å². The van der Waals surface area contributed by atoms with Gasteiger partial charge in [-0.2, -0.15) is 5.10 Å². The van der Waals surface area contributed by atoms with Crippen LogP contribution in [-0.2, 0) is 13.0 Å². The van der Waals surface area contributed by atoms with E-state index in [1.165, 1.54) is 5.56 Å². The topological polar surface area (TPSA) is 65.1 Å². The summed E-state index contributed by atoms with van der Waals surface area (Å²) in [4.78, 5) is 0. The summed E-state index contributed by atoms with van der Waals surface area (Å²) in [6, 6.07) is 8.20. The van der Waals surface area contributed by atoms with E-state index in [0.29, 0.717) is 0 Å². The third kappa shape index (κ3) is 2.68. The molecule has 3 N–H and O–H groups in total. The van der Waals surface area contributed by atoms with Crippen LogP contribution in [0.15, 0.2) is 24.3 Å². The second kappa shape index (κ2) is 5.68. The minimum Gasteiger partial charge on any atom is -0.488 e. The molecule has 5 heteroatoms. The molecular weight excluding hydrogens is 264 g/mol. The molecule has 0 aliphatic carbocycles. The maximum Gasteiger partial charge on any atom is 0.148 e. The molecule has 5 nitrogen and oxygen atoms in total. The fourth-order valence-corrected chi connectivity index (χ4v) is 2.73. The van der Waals surface area contributed by atoms with E-state index < -0.39 is 0 Å². The summed E-state index contributed by atoms with van der Waals surface area (Å²) < 4.78 is 7.89. The van der Waals surface area contributed by atoms with Gasteiger partial charge in [0.05, 0.1) is 17.9 Å². The molecule has 1 aliphatic rings. The summed E-state index contributed by atoms with van der Waals surface area (Å²) in [7, 11) is 0. The van der Waals surface area contributed by atoms with Gasteiger partial charge in [-0.1, -0.05) is 25.1 Å². The van der Waals surface area contributed by atoms with Gasteiger partial charge < -0.3 is 15.8 Å². The first-order valence-corrected chi connectivity index (χ1v) is 7.50. The van der Waals surface area contributed by atoms with Gasteiger partial charge in [0, 0.05) is 13.0 Å². The molecule has 1 unspecified atom stereocenters. The third-order valence-electron chi connectivity index (χ3n) is 3.82. The molecule has 1 atom stereocenters. The van der Waals surface area contributed by atoms with Crippen molar-refractivity contribution >= 4 is 11.5 Å². The number of hydrogen-bond donors (Lipinski definition) is 2. The smallest absolute Gasteiger partial charge is 0.148 e. The SMILES string of the molecule is CCCn1nc(C)c(N)c1NCC1Cc2ccccc2O1. The largest absolute Gasteiger partial charge is 0.488 e. The molecule has 2 heterocycles. The van der Waals surface area contributed by atoms with Crippen LogP contribution in [0.3, 0.4) is 0 Å². The lowest BCUT2D eigenvalue weighted by Gasteiger charge is -2.14. The van der Waals surface area contributed by atoms with E-state index in [-0.39, 0.29) is 6.10 Å². The van der Waals surface area contributed by atoms with Crippen molar-refractivity contribution in [2.75, 3.05) is 17.6 Å². The zero-order valence-corrected chi connectivity index (χ0v) is 12.6. The molecule has 112 valence electrons. The Morgan fingerprint density at radius 1 is 1.43 bits per heavy atom. The van der Waals surface area contributed by atoms with Gasteiger partial charge in [0.1, 0.15) is 17.7 Å². The van der Waals surface area contributed by atoms with Crippen molar-refractivity contribution in [3.05, 3.63) is 35.5 Å². The van der Waals surface area contributed by atoms with Gasteiger partial charge in [0.15, 0.2) is 0 Å². The number of nitrogens with two attached hydrogens (primary N) is 1. The number of fused-ring (bicyclic) bond motifs is 1. The maximum atomic E-state index is 6.12. The van der Waals surface area contributed by atoms with E-state index in [0.717, 1.165) is 48.9 Å². The van der Waals surface area contributed by atoms with Crippen LogP contribution in [0.2, 0.25) is 0 Å². The summed E-state index contributed by atoms with van der Waals surface area (Å²) in [6.45, 7) is 5.67. The number of para-hydroxylation sites is 1. The number of anilines is 2. The summed E-state index contributed by atoms with van der Waals surface area (Å²) in [6.07, 6.45) is 2.11. The van der Waals surface area contributed by atoms with Gasteiger partial charge in [-0.15, -0.1) is 0 Å². The van der Waals surface area contributed by atoms with Crippen LogP contribution < -0.4 is 15.8 Å². The fraction of sp³-hybridized carbons (Fsp3) is 0.438. The Bertz CT molecular complexity index is 610. The van der Waals surface area contributed by atoms with E-state index in [2.05, 4.69) is 29.5 Å². The lowest BCUT2D eigenvalue weighted by atomic mass is 10.1. The van der Waals surface area contributed by atoms with E-state index in [1.807, 2.05) is 23.7 Å². The molecule has 1 aliphatic heterocycles. The van der Waals surface area contributed by atoms with Crippen LogP contribution in [0.1, 0.15) is 24.6 Å². The van der Waals surface area contributed by atoms with Gasteiger partial charge >= 0.3 is 0 Å². The van der Waals surface area contributed by atoms with Crippen LogP contribution in [0, 0.1) is 6.92 Å². The second-order valence-electron chi connectivity index (χ2n) is 5.50. The van der Waals surface area contributed by atoms with E-state index in [4.69, 9.17) is 10.5 Å². The normalized spacial score (nSPS) is 16.6. The number of aryl methyl sites for hydroxylation is 2. The van der Waals surface area contributed by atoms with Gasteiger partial charge in [0.25, 0.3) is 0 Å². The monoisotopic (exact) mass is 286 g/mol. The first kappa shape index (κ1) is 13.8. The number of benzene rings is 1. The van der Waals surface area contributed by atoms with Crippen molar-refractivity contribution in [1.29, 1.82) is 0 Å². The highest BCUT2D eigenvalue weighted by Crippen LogP contribution is 2.29. The molecule has 0 fully saturated rings. The number of nitrogens with zero attached hydrogens (tertiary/aromatic N) is 2. The van der Waals surface area contributed by atoms with Crippen LogP contribution in [0.4, 0.5) is 11.5 Å². The van der Waals surface area contributed by atoms with Crippen molar-refractivity contribution in [1.82, 2.24) is 9.78 Å². The predicted molar refractivity (Wildman–Crippen MR) is 84.7 cm³/mol. The molecular formula is C16H22N4O. The molecule has 3 rings (SSSR count). The highest BCUT2D eigenvalue weighted by Gasteiger charge is 2.23. The quantitative estimate of drug-likeness (QED) is 0.886. The molecule has 0 amide bonds. The highest BCUT2D eigenvalue weighted by atomic mass is 16.5.